The summed E-state index contributed by atoms with van der Waals surface area (Å²) in [7, 11) is -0.364. The van der Waals surface area contributed by atoms with Crippen LogP contribution < -0.4 is 5.73 Å². The number of piperazine rings is 1. The molecule has 1 saturated heterocycles. The van der Waals surface area contributed by atoms with Crippen molar-refractivity contribution < 1.29 is 13.2 Å². The second-order valence-electron chi connectivity index (χ2n) is 4.65. The molecule has 0 spiro atoms. The average molecular weight is 278 g/mol. The second-order valence-corrected chi connectivity index (χ2v) is 6.79. The third-order valence-corrected chi connectivity index (χ3v) is 5.05. The summed E-state index contributed by atoms with van der Waals surface area (Å²) in [4.78, 5) is 13.6. The fraction of sp³-hybridized carbons (Fsp3) is 0.900. The van der Waals surface area contributed by atoms with Gasteiger partial charge in [0.05, 0.1) is 0 Å². The first kappa shape index (κ1) is 15.4. The molecule has 1 fully saturated rings. The van der Waals surface area contributed by atoms with Gasteiger partial charge in [-0.3, -0.25) is 4.79 Å². The maximum Gasteiger partial charge on any atom is 0.281 e. The Morgan fingerprint density at radius 2 is 1.78 bits per heavy atom. The minimum absolute atomic E-state index is 0.000555. The van der Waals surface area contributed by atoms with Gasteiger partial charge in [0.1, 0.15) is 0 Å². The summed E-state index contributed by atoms with van der Waals surface area (Å²) in [6.07, 6.45) is 0. The van der Waals surface area contributed by atoms with Crippen molar-refractivity contribution in [3.8, 4) is 0 Å². The van der Waals surface area contributed by atoms with Crippen molar-refractivity contribution in [2.24, 2.45) is 11.7 Å². The second kappa shape index (κ2) is 5.96. The van der Waals surface area contributed by atoms with E-state index in [2.05, 4.69) is 0 Å². The van der Waals surface area contributed by atoms with Crippen molar-refractivity contribution in [2.75, 3.05) is 46.8 Å². The van der Waals surface area contributed by atoms with E-state index >= 15 is 0 Å². The summed E-state index contributed by atoms with van der Waals surface area (Å²) >= 11 is 0. The molecule has 7 nitrogen and oxygen atoms in total. The molecule has 18 heavy (non-hydrogen) atoms. The molecule has 1 unspecified atom stereocenters. The largest absolute Gasteiger partial charge is 0.340 e. The monoisotopic (exact) mass is 278 g/mol. The van der Waals surface area contributed by atoms with Gasteiger partial charge in [-0.25, -0.2) is 0 Å². The normalized spacial score (nSPS) is 20.2. The number of rotatable bonds is 4. The van der Waals surface area contributed by atoms with E-state index in [1.807, 2.05) is 0 Å². The van der Waals surface area contributed by atoms with Crippen molar-refractivity contribution in [1.29, 1.82) is 0 Å². The van der Waals surface area contributed by atoms with Crippen molar-refractivity contribution in [2.45, 2.75) is 6.92 Å². The van der Waals surface area contributed by atoms with Crippen LogP contribution in [0.5, 0.6) is 0 Å². The lowest BCUT2D eigenvalue weighted by molar-refractivity contribution is -0.135. The highest BCUT2D eigenvalue weighted by Gasteiger charge is 2.31. The molecule has 0 radical (unpaired) electrons. The molecular formula is C10H22N4O3S. The number of nitrogens with two attached hydrogens (primary N) is 1. The first-order chi connectivity index (χ1) is 8.30. The van der Waals surface area contributed by atoms with Gasteiger partial charge in [-0.15, -0.1) is 0 Å². The fourth-order valence-corrected chi connectivity index (χ4v) is 2.87. The van der Waals surface area contributed by atoms with Crippen molar-refractivity contribution in [3.63, 3.8) is 0 Å². The van der Waals surface area contributed by atoms with Crippen LogP contribution in [0, 0.1) is 5.92 Å². The molecule has 1 aliphatic heterocycles. The molecule has 0 saturated carbocycles. The Kier molecular flexibility index (Phi) is 5.09. The summed E-state index contributed by atoms with van der Waals surface area (Å²) in [5.41, 5.74) is 5.46. The van der Waals surface area contributed by atoms with Crippen LogP contribution in [-0.4, -0.2) is 74.7 Å². The molecule has 8 heteroatoms. The van der Waals surface area contributed by atoms with Gasteiger partial charge >= 0.3 is 0 Å². The number of hydrogen-bond acceptors (Lipinski definition) is 4. The molecule has 0 bridgehead atoms. The van der Waals surface area contributed by atoms with Gasteiger partial charge < -0.3 is 10.6 Å². The van der Waals surface area contributed by atoms with Gasteiger partial charge in [0.2, 0.25) is 5.91 Å². The topological polar surface area (TPSA) is 87.0 Å². The third-order valence-electron chi connectivity index (χ3n) is 3.11. The summed E-state index contributed by atoms with van der Waals surface area (Å²) in [6.45, 7) is 3.62. The lowest BCUT2D eigenvalue weighted by Crippen LogP contribution is -2.54. The van der Waals surface area contributed by atoms with Gasteiger partial charge in [-0.05, 0) is 0 Å². The van der Waals surface area contributed by atoms with E-state index in [1.165, 1.54) is 22.7 Å². The molecule has 0 aliphatic carbocycles. The Morgan fingerprint density at radius 3 is 2.17 bits per heavy atom. The van der Waals surface area contributed by atoms with E-state index < -0.39 is 10.2 Å². The summed E-state index contributed by atoms with van der Waals surface area (Å²) in [5, 5.41) is 0. The SMILES string of the molecule is CC(CN)C(=O)N1CCN(S(=O)(=O)N(C)C)CC1. The third kappa shape index (κ3) is 3.19. The van der Waals surface area contributed by atoms with E-state index in [1.54, 1.807) is 11.8 Å². The number of carbonyl (C=O) groups is 1. The van der Waals surface area contributed by atoms with Crippen LogP contribution in [-0.2, 0) is 15.0 Å². The van der Waals surface area contributed by atoms with Crippen molar-refractivity contribution in [1.82, 2.24) is 13.5 Å². The van der Waals surface area contributed by atoms with E-state index in [4.69, 9.17) is 5.73 Å². The Labute approximate surface area is 109 Å². The summed E-state index contributed by atoms with van der Waals surface area (Å²) < 4.78 is 26.3. The predicted molar refractivity (Wildman–Crippen MR) is 69.0 cm³/mol. The molecule has 1 rings (SSSR count). The molecule has 1 heterocycles. The summed E-state index contributed by atoms with van der Waals surface area (Å²) in [5.74, 6) is -0.207. The standard InChI is InChI=1S/C10H22N4O3S/c1-9(8-11)10(15)13-4-6-14(7-5-13)18(16,17)12(2)3/h9H,4-8,11H2,1-3H3. The Morgan fingerprint density at radius 1 is 1.28 bits per heavy atom. The smallest absolute Gasteiger partial charge is 0.281 e. The van der Waals surface area contributed by atoms with Crippen LogP contribution in [0.4, 0.5) is 0 Å². The fourth-order valence-electron chi connectivity index (χ4n) is 1.78. The first-order valence-electron chi connectivity index (χ1n) is 5.97. The van der Waals surface area contributed by atoms with E-state index in [9.17, 15) is 13.2 Å². The molecule has 1 atom stereocenters. The molecule has 0 aromatic carbocycles. The molecule has 0 aromatic rings. The molecule has 106 valence electrons. The van der Waals surface area contributed by atoms with Crippen molar-refractivity contribution >= 4 is 16.1 Å². The molecule has 2 N–H and O–H groups in total. The zero-order chi connectivity index (χ0) is 13.9. The first-order valence-corrected chi connectivity index (χ1v) is 7.37. The number of amides is 1. The zero-order valence-electron chi connectivity index (χ0n) is 11.2. The number of nitrogens with zero attached hydrogens (tertiary/aromatic N) is 3. The lowest BCUT2D eigenvalue weighted by atomic mass is 10.1. The highest BCUT2D eigenvalue weighted by Crippen LogP contribution is 2.11. The van der Waals surface area contributed by atoms with Gasteiger partial charge in [0.25, 0.3) is 10.2 Å². The molecule has 1 amide bonds. The van der Waals surface area contributed by atoms with Gasteiger partial charge in [-0.2, -0.15) is 17.0 Å². The van der Waals surface area contributed by atoms with Crippen LogP contribution in [0.15, 0.2) is 0 Å². The highest BCUT2D eigenvalue weighted by molar-refractivity contribution is 7.86. The Hall–Kier alpha value is -0.700. The summed E-state index contributed by atoms with van der Waals surface area (Å²) in [6, 6.07) is 0. The maximum atomic E-state index is 11.9. The lowest BCUT2D eigenvalue weighted by Gasteiger charge is -2.36. The number of hydrogen-bond donors (Lipinski definition) is 1. The molecule has 1 aliphatic rings. The van der Waals surface area contributed by atoms with Crippen LogP contribution in [0.3, 0.4) is 0 Å². The van der Waals surface area contributed by atoms with E-state index in [-0.39, 0.29) is 11.8 Å². The molecular weight excluding hydrogens is 256 g/mol. The van der Waals surface area contributed by atoms with Gasteiger partial charge in [0.15, 0.2) is 0 Å². The minimum atomic E-state index is -3.37. The predicted octanol–water partition coefficient (Wildman–Crippen LogP) is -1.47. The van der Waals surface area contributed by atoms with E-state index in [0.717, 1.165) is 0 Å². The Bertz CT molecular complexity index is 388. The highest BCUT2D eigenvalue weighted by atomic mass is 32.2. The number of carbonyl (C=O) groups excluding carboxylic acids is 1. The van der Waals surface area contributed by atoms with Crippen LogP contribution in [0.1, 0.15) is 6.92 Å². The van der Waals surface area contributed by atoms with Crippen LogP contribution in [0.25, 0.3) is 0 Å². The van der Waals surface area contributed by atoms with Crippen molar-refractivity contribution in [3.05, 3.63) is 0 Å². The van der Waals surface area contributed by atoms with Crippen LogP contribution >= 0.6 is 0 Å². The Balaban J connectivity index is 2.59. The quantitative estimate of drug-likeness (QED) is 0.680. The van der Waals surface area contributed by atoms with E-state index in [0.29, 0.717) is 32.7 Å². The molecule has 0 aromatic heterocycles. The zero-order valence-corrected chi connectivity index (χ0v) is 12.0. The van der Waals surface area contributed by atoms with Crippen LogP contribution in [0.2, 0.25) is 0 Å². The van der Waals surface area contributed by atoms with Gasteiger partial charge in [-0.1, -0.05) is 6.92 Å². The minimum Gasteiger partial charge on any atom is -0.340 e. The maximum absolute atomic E-state index is 11.9. The average Bonchev–Trinajstić information content (AvgIpc) is 2.36. The van der Waals surface area contributed by atoms with Gasteiger partial charge in [0, 0.05) is 52.7 Å².